The topological polar surface area (TPSA) is 123 Å². The fourth-order valence-electron chi connectivity index (χ4n) is 2.11. The largest absolute Gasteiger partial charge is 0.460 e. The second kappa shape index (κ2) is 10.7. The Kier molecular flexibility index (Phi) is 9.69. The third kappa shape index (κ3) is 9.94. The summed E-state index contributed by atoms with van der Waals surface area (Å²) in [5.41, 5.74) is -1.34. The number of rotatable bonds is 8. The molecule has 0 rings (SSSR count). The molecule has 160 valence electrons. The van der Waals surface area contributed by atoms with Crippen molar-refractivity contribution >= 4 is 23.9 Å². The van der Waals surface area contributed by atoms with E-state index in [0.717, 1.165) is 0 Å². The Hall–Kier alpha value is -2.58. The van der Waals surface area contributed by atoms with E-state index in [0.29, 0.717) is 0 Å². The molecule has 0 fully saturated rings. The molecule has 0 aliphatic heterocycles. The van der Waals surface area contributed by atoms with Crippen molar-refractivity contribution in [3.8, 4) is 0 Å². The van der Waals surface area contributed by atoms with Crippen molar-refractivity contribution in [1.82, 2.24) is 16.0 Å². The van der Waals surface area contributed by atoms with Gasteiger partial charge >= 0.3 is 12.1 Å². The summed E-state index contributed by atoms with van der Waals surface area (Å²) < 4.78 is 10.1. The molecule has 0 unspecified atom stereocenters. The molecule has 0 aliphatic rings. The maximum Gasteiger partial charge on any atom is 0.408 e. The summed E-state index contributed by atoms with van der Waals surface area (Å²) in [5, 5.41) is 7.43. The molecule has 0 aromatic carbocycles. The molecule has 0 aliphatic carbocycles. The molecule has 0 spiro atoms. The number of hydrogen-bond donors (Lipinski definition) is 3. The number of hydrogen-bond acceptors (Lipinski definition) is 6. The molecule has 9 nitrogen and oxygen atoms in total. The molecule has 0 bridgehead atoms. The van der Waals surface area contributed by atoms with Crippen LogP contribution >= 0.6 is 0 Å². The van der Waals surface area contributed by atoms with E-state index in [1.165, 1.54) is 13.1 Å². The number of carbonyl (C=O) groups is 4. The maximum absolute atomic E-state index is 12.5. The van der Waals surface area contributed by atoms with Gasteiger partial charge in [-0.1, -0.05) is 33.4 Å². The first-order chi connectivity index (χ1) is 12.7. The molecule has 3 amide bonds. The lowest BCUT2D eigenvalue weighted by Crippen LogP contribution is -2.54. The van der Waals surface area contributed by atoms with Crippen molar-refractivity contribution in [3.05, 3.63) is 12.7 Å². The van der Waals surface area contributed by atoms with Gasteiger partial charge in [0, 0.05) is 7.05 Å². The third-order valence-electron chi connectivity index (χ3n) is 3.39. The van der Waals surface area contributed by atoms with Crippen molar-refractivity contribution in [3.63, 3.8) is 0 Å². The van der Waals surface area contributed by atoms with Crippen LogP contribution in [0.3, 0.4) is 0 Å². The van der Waals surface area contributed by atoms with Crippen LogP contribution in [0, 0.1) is 5.41 Å². The molecular formula is C19H33N3O6. The van der Waals surface area contributed by atoms with Gasteiger partial charge in [0.25, 0.3) is 0 Å². The van der Waals surface area contributed by atoms with E-state index in [2.05, 4.69) is 22.5 Å². The quantitative estimate of drug-likeness (QED) is 0.417. The fraction of sp³-hybridized carbons (Fsp3) is 0.684. The Labute approximate surface area is 166 Å². The zero-order chi connectivity index (χ0) is 22.1. The number of alkyl carbamates (subject to hydrolysis) is 1. The van der Waals surface area contributed by atoms with Crippen LogP contribution in [0.1, 0.15) is 48.0 Å². The van der Waals surface area contributed by atoms with Crippen LogP contribution in [0.15, 0.2) is 12.7 Å². The Morgan fingerprint density at radius 2 is 1.61 bits per heavy atom. The normalized spacial score (nSPS) is 13.5. The van der Waals surface area contributed by atoms with E-state index >= 15 is 0 Å². The van der Waals surface area contributed by atoms with Gasteiger partial charge < -0.3 is 25.4 Å². The van der Waals surface area contributed by atoms with Crippen molar-refractivity contribution in [2.24, 2.45) is 5.41 Å². The molecule has 0 heterocycles. The van der Waals surface area contributed by atoms with Crippen LogP contribution in [0.2, 0.25) is 0 Å². The van der Waals surface area contributed by atoms with E-state index in [4.69, 9.17) is 9.47 Å². The predicted octanol–water partition coefficient (Wildman–Crippen LogP) is 1.28. The zero-order valence-electron chi connectivity index (χ0n) is 17.8. The van der Waals surface area contributed by atoms with E-state index in [1.807, 2.05) is 0 Å². The molecular weight excluding hydrogens is 366 g/mol. The first-order valence-electron chi connectivity index (χ1n) is 8.99. The SMILES string of the molecule is C=CCOC(=O)[C@@H](CC(=O)N[C@H](C(=O)NC)C(C)(C)C)NC(=O)OC(C)(C)C. The van der Waals surface area contributed by atoms with Crippen molar-refractivity contribution in [1.29, 1.82) is 0 Å². The highest BCUT2D eigenvalue weighted by molar-refractivity contribution is 5.91. The van der Waals surface area contributed by atoms with Gasteiger partial charge in [-0.3, -0.25) is 9.59 Å². The summed E-state index contributed by atoms with van der Waals surface area (Å²) in [5.74, 6) is -1.78. The van der Waals surface area contributed by atoms with Gasteiger partial charge in [0.15, 0.2) is 0 Å². The number of nitrogens with one attached hydrogen (secondary N) is 3. The van der Waals surface area contributed by atoms with Crippen LogP contribution in [0.25, 0.3) is 0 Å². The van der Waals surface area contributed by atoms with Crippen molar-refractivity contribution < 1.29 is 28.7 Å². The van der Waals surface area contributed by atoms with Crippen molar-refractivity contribution in [2.75, 3.05) is 13.7 Å². The summed E-state index contributed by atoms with van der Waals surface area (Å²) in [6.07, 6.45) is 0.0854. The smallest absolute Gasteiger partial charge is 0.408 e. The van der Waals surface area contributed by atoms with Crippen LogP contribution in [0.4, 0.5) is 4.79 Å². The maximum atomic E-state index is 12.5. The lowest BCUT2D eigenvalue weighted by atomic mass is 9.86. The standard InChI is InChI=1S/C19H33N3O6/c1-9-10-27-16(25)12(21-17(26)28-19(5,6)7)11-13(23)22-14(15(24)20-8)18(2,3)4/h9,12,14H,1,10-11H2,2-8H3,(H,20,24)(H,21,26)(H,22,23)/t12-,14-/m1/s1. The minimum atomic E-state index is -1.28. The van der Waals surface area contributed by atoms with Crippen molar-refractivity contribution in [2.45, 2.75) is 65.6 Å². The molecule has 0 saturated heterocycles. The Morgan fingerprint density at radius 1 is 1.04 bits per heavy atom. The molecule has 0 aromatic heterocycles. The van der Waals surface area contributed by atoms with Crippen LogP contribution in [-0.4, -0.2) is 55.2 Å². The molecule has 0 saturated carbocycles. The molecule has 0 aromatic rings. The van der Waals surface area contributed by atoms with Gasteiger partial charge in [0.05, 0.1) is 6.42 Å². The van der Waals surface area contributed by atoms with E-state index in [9.17, 15) is 19.2 Å². The average Bonchev–Trinajstić information content (AvgIpc) is 2.53. The van der Waals surface area contributed by atoms with Gasteiger partial charge in [-0.05, 0) is 26.2 Å². The lowest BCUT2D eigenvalue weighted by Gasteiger charge is -2.30. The Bertz CT molecular complexity index is 589. The second-order valence-electron chi connectivity index (χ2n) is 8.30. The third-order valence-corrected chi connectivity index (χ3v) is 3.39. The number of likely N-dealkylation sites (N-methyl/N-ethyl adjacent to an activating group) is 1. The van der Waals surface area contributed by atoms with Gasteiger partial charge in [0.2, 0.25) is 11.8 Å². The summed E-state index contributed by atoms with van der Waals surface area (Å²) in [6.45, 7) is 13.8. The fourth-order valence-corrected chi connectivity index (χ4v) is 2.11. The lowest BCUT2D eigenvalue weighted by molar-refractivity contribution is -0.146. The highest BCUT2D eigenvalue weighted by Gasteiger charge is 2.34. The summed E-state index contributed by atoms with van der Waals surface area (Å²) in [7, 11) is 1.47. The highest BCUT2D eigenvalue weighted by Crippen LogP contribution is 2.19. The number of carbonyl (C=O) groups excluding carboxylic acids is 4. The van der Waals surface area contributed by atoms with Gasteiger partial charge in [-0.15, -0.1) is 0 Å². The van der Waals surface area contributed by atoms with E-state index in [1.54, 1.807) is 41.5 Å². The van der Waals surface area contributed by atoms with Gasteiger partial charge in [-0.2, -0.15) is 0 Å². The number of esters is 1. The first-order valence-corrected chi connectivity index (χ1v) is 8.99. The Morgan fingerprint density at radius 3 is 2.04 bits per heavy atom. The Balaban J connectivity index is 5.26. The number of ether oxygens (including phenoxy) is 2. The molecule has 3 N–H and O–H groups in total. The number of amides is 3. The van der Waals surface area contributed by atoms with Gasteiger partial charge in [-0.25, -0.2) is 9.59 Å². The molecule has 0 radical (unpaired) electrons. The molecule has 2 atom stereocenters. The van der Waals surface area contributed by atoms with Crippen LogP contribution < -0.4 is 16.0 Å². The predicted molar refractivity (Wildman–Crippen MR) is 104 cm³/mol. The van der Waals surface area contributed by atoms with E-state index in [-0.39, 0.29) is 12.5 Å². The highest BCUT2D eigenvalue weighted by atomic mass is 16.6. The summed E-state index contributed by atoms with van der Waals surface area (Å²) in [6, 6.07) is -2.10. The van der Waals surface area contributed by atoms with E-state index < -0.39 is 47.5 Å². The first kappa shape index (κ1) is 25.4. The summed E-state index contributed by atoms with van der Waals surface area (Å²) >= 11 is 0. The molecule has 9 heteroatoms. The zero-order valence-corrected chi connectivity index (χ0v) is 17.8. The van der Waals surface area contributed by atoms with Gasteiger partial charge in [0.1, 0.15) is 24.3 Å². The monoisotopic (exact) mass is 399 g/mol. The average molecular weight is 399 g/mol. The summed E-state index contributed by atoms with van der Waals surface area (Å²) in [4.78, 5) is 48.8. The van der Waals surface area contributed by atoms with Crippen LogP contribution in [-0.2, 0) is 23.9 Å². The minimum Gasteiger partial charge on any atom is -0.460 e. The minimum absolute atomic E-state index is 0.0736. The molecule has 28 heavy (non-hydrogen) atoms. The second-order valence-corrected chi connectivity index (χ2v) is 8.30. The van der Waals surface area contributed by atoms with Crippen LogP contribution in [0.5, 0.6) is 0 Å².